The molecular weight excluding hydrogens is 1210 g/mol. The number of rotatable bonds is 27. The van der Waals surface area contributed by atoms with Crippen molar-refractivity contribution in [3.8, 4) is 0 Å². The fourth-order valence-electron chi connectivity index (χ4n) is 11.3. The number of ether oxygens (including phenoxy) is 1. The van der Waals surface area contributed by atoms with Crippen LogP contribution in [0.3, 0.4) is 0 Å². The lowest BCUT2D eigenvalue weighted by molar-refractivity contribution is -0.438. The van der Waals surface area contributed by atoms with E-state index in [-0.39, 0.29) is 54.2 Å². The zero-order valence-electron chi connectivity index (χ0n) is 50.1. The second-order valence-corrected chi connectivity index (χ2v) is 27.8. The molecule has 1 aliphatic carbocycles. The van der Waals surface area contributed by atoms with Crippen LogP contribution in [0.15, 0.2) is 155 Å². The SMILES string of the molecule is Cc1ccc2c(c1)C(C)(C)/C(=C\C=C1/CCCC(/C=C/C3=[N+](CCCCS(=O)(=O)O)c4ccc(CS(=O)(=O)O)cc4C3(C)C)=C1O/[13CH]=[13CH]/[13CH]=[13C](\[13CH]=[13CH2])[13CH2][13C@H](NC(=O)c1ccc(NCc3cnc4nc(N)[nH]c(=O)c4n3)cc1)[13C](=O)O)N2CCCCS(=O)(=O)O. The van der Waals surface area contributed by atoms with Crippen LogP contribution in [0.25, 0.3) is 11.2 Å². The number of amides is 1. The lowest BCUT2D eigenvalue weighted by Gasteiger charge is -2.27. The van der Waals surface area contributed by atoms with Crippen molar-refractivity contribution in [2.75, 3.05) is 40.5 Å². The minimum Gasteiger partial charge on any atom is -0.480 e. The third-order valence-corrected chi connectivity index (χ3v) is 18.1. The van der Waals surface area contributed by atoms with E-state index in [0.29, 0.717) is 67.0 Å². The number of aryl methyl sites for hydroxylation is 1. The Kier molecular flexibility index (Phi) is 20.6. The molecule has 26 heteroatoms. The number of nitrogens with one attached hydrogen (secondary N) is 3. The van der Waals surface area contributed by atoms with Crippen molar-refractivity contribution in [3.63, 3.8) is 0 Å². The number of nitrogen functional groups attached to an aromatic ring is 1. The van der Waals surface area contributed by atoms with Gasteiger partial charge in [0.25, 0.3) is 41.8 Å². The molecule has 0 unspecified atom stereocenters. The molecule has 0 fully saturated rings. The second-order valence-electron chi connectivity index (χ2n) is 23.2. The number of nitrogens with zero attached hydrogens (tertiary/aromatic N) is 5. The average molecular weight is 1290 g/mol. The Balaban J connectivity index is 1.08. The fraction of sp³-hybridized carbons (Fsp3) is 0.349. The largest absolute Gasteiger partial charge is 0.480 e. The Labute approximate surface area is 517 Å². The normalized spacial score (nSPS) is 17.3. The predicted octanol–water partition coefficient (Wildman–Crippen LogP) is 8.83. The van der Waals surface area contributed by atoms with Gasteiger partial charge in [-0.05, 0) is 142 Å². The first-order valence-corrected chi connectivity index (χ1v) is 33.6. The molecule has 0 radical (unpaired) electrons. The van der Waals surface area contributed by atoms with Gasteiger partial charge >= 0.3 is 5.97 Å². The number of carbonyl (C=O) groups is 2. The van der Waals surface area contributed by atoms with Gasteiger partial charge in [0.1, 0.15) is 24.1 Å². The van der Waals surface area contributed by atoms with Crippen LogP contribution in [0, 0.1) is 6.92 Å². The molecule has 0 saturated heterocycles. The van der Waals surface area contributed by atoms with E-state index in [1.165, 1.54) is 30.7 Å². The maximum absolute atomic E-state index is 13.5. The van der Waals surface area contributed by atoms with Gasteiger partial charge in [0, 0.05) is 65.1 Å². The van der Waals surface area contributed by atoms with Crippen LogP contribution < -0.4 is 26.8 Å². The van der Waals surface area contributed by atoms with Gasteiger partial charge < -0.3 is 31.1 Å². The van der Waals surface area contributed by atoms with Gasteiger partial charge in [-0.1, -0.05) is 62.4 Å². The maximum atomic E-state index is 13.5. The number of allylic oxidation sites excluding steroid dienone is 10. The number of carboxylic acids is 1. The summed E-state index contributed by atoms with van der Waals surface area (Å²) in [4.78, 5) is 55.5. The molecule has 8 rings (SSSR count). The number of aromatic amines is 1. The molecule has 5 aromatic rings. The lowest BCUT2D eigenvalue weighted by Crippen LogP contribution is -2.41. The number of H-pyrrole nitrogens is 1. The molecule has 0 saturated carbocycles. The van der Waals surface area contributed by atoms with Crippen LogP contribution in [0.5, 0.6) is 0 Å². The van der Waals surface area contributed by atoms with Gasteiger partial charge in [-0.3, -0.25) is 28.2 Å². The number of unbranched alkanes of at least 4 members (excludes halogenated alkanes) is 2. The van der Waals surface area contributed by atoms with Crippen LogP contribution in [0.4, 0.5) is 23.0 Å². The first-order valence-electron chi connectivity index (χ1n) is 28.8. The number of aromatic nitrogens is 4. The van der Waals surface area contributed by atoms with Crippen LogP contribution in [-0.4, -0.2) is 117 Å². The fourth-order valence-corrected chi connectivity index (χ4v) is 13.0. The highest BCUT2D eigenvalue weighted by Gasteiger charge is 2.45. The summed E-state index contributed by atoms with van der Waals surface area (Å²) >= 11 is 0. The van der Waals surface area contributed by atoms with Crippen molar-refractivity contribution in [1.82, 2.24) is 25.3 Å². The average Bonchev–Trinajstić information content (AvgIpc) is 1.74. The number of carbonyl (C=O) groups excluding carboxylic acids is 1. The Bertz CT molecular complexity index is 4240. The smallest absolute Gasteiger partial charge is 0.326 e. The molecule has 3 aromatic carbocycles. The quantitative estimate of drug-likeness (QED) is 0.00607. The lowest BCUT2D eigenvalue weighted by atomic mass is 9.80. The number of aliphatic carboxylic acids is 1. The molecule has 9 N–H and O–H groups in total. The van der Waals surface area contributed by atoms with Crippen molar-refractivity contribution in [2.24, 2.45) is 0 Å². The van der Waals surface area contributed by atoms with E-state index in [2.05, 4.69) is 74.1 Å². The van der Waals surface area contributed by atoms with Crippen molar-refractivity contribution >= 4 is 82.1 Å². The third-order valence-electron chi connectivity index (χ3n) is 15.8. The Morgan fingerprint density at radius 3 is 2.28 bits per heavy atom. The summed E-state index contributed by atoms with van der Waals surface area (Å²) in [7, 11) is -12.7. The first-order chi connectivity index (χ1) is 41.9. The van der Waals surface area contributed by atoms with Gasteiger partial charge in [-0.15, -0.1) is 0 Å². The zero-order chi connectivity index (χ0) is 64.6. The molecule has 3 aliphatic rings. The highest BCUT2D eigenvalue weighted by Crippen LogP contribution is 2.49. The predicted molar refractivity (Wildman–Crippen MR) is 342 cm³/mol. The van der Waals surface area contributed by atoms with E-state index < -0.39 is 76.2 Å². The van der Waals surface area contributed by atoms with E-state index in [4.69, 9.17) is 10.5 Å². The van der Waals surface area contributed by atoms with Crippen LogP contribution in [0.2, 0.25) is 0 Å². The van der Waals surface area contributed by atoms with Crippen LogP contribution in [0.1, 0.15) is 117 Å². The number of benzene rings is 3. The van der Waals surface area contributed by atoms with E-state index in [1.54, 1.807) is 42.5 Å². The van der Waals surface area contributed by atoms with E-state index in [1.807, 2.05) is 49.6 Å². The standard InChI is InChI=1S/C63H73N9O14S3/c1-7-41(36-50(60(75)76)68-58(73)45-19-23-46(24-20-45)65-37-47-38-66-57-55(67-47)59(74)70-61(64)69-57)14-13-31-86-56-43(21-27-53-62(3,4)48-34-40(2)17-25-51(48)71(53)29-8-10-32-87(77,78)79)15-12-16-44(56)22-28-54-63(5,6)49-35-42(39-89(83,84)85)18-26-52(49)72(54)30-9-11-33-88(80,81)82/h7,13-14,17-28,31,34-35,38,50H,1,8-12,15-16,29-30,32-33,36-37,39H2,2-6H3,(H8-,64,65,66,68,69,70,73,74,75,76,77,78,79,80,81,82,83,84,85)/p+1/b31-13+,41-14+/t50-/m0/s1/i1+1,7+1,13+1,14+1,31+1,36+1,41+1,50+1,60+1. The van der Waals surface area contributed by atoms with Gasteiger partial charge in [0.05, 0.1) is 41.6 Å². The van der Waals surface area contributed by atoms with Crippen molar-refractivity contribution in [1.29, 1.82) is 0 Å². The molecule has 0 spiro atoms. The summed E-state index contributed by atoms with van der Waals surface area (Å²) in [5.74, 6) is -2.86. The number of carboxylic acid groups (broad SMARTS) is 1. The summed E-state index contributed by atoms with van der Waals surface area (Å²) in [5, 5.41) is 16.1. The molecule has 23 nitrogen and oxygen atoms in total. The summed E-state index contributed by atoms with van der Waals surface area (Å²) in [6.07, 6.45) is 18.7. The van der Waals surface area contributed by atoms with Crippen molar-refractivity contribution in [2.45, 2.75) is 115 Å². The Hall–Kier alpha value is -8.40. The number of anilines is 3. The summed E-state index contributed by atoms with van der Waals surface area (Å²) in [5.41, 5.74) is 14.1. The van der Waals surface area contributed by atoms with Crippen molar-refractivity contribution < 1.29 is 62.9 Å². The molecule has 4 heterocycles. The molecule has 472 valence electrons. The molecule has 2 aliphatic heterocycles. The third kappa shape index (κ3) is 17.1. The highest BCUT2D eigenvalue weighted by atomic mass is 32.2. The summed E-state index contributed by atoms with van der Waals surface area (Å²) in [6, 6.07) is 16.3. The zero-order valence-corrected chi connectivity index (χ0v) is 52.5. The van der Waals surface area contributed by atoms with E-state index in [0.717, 1.165) is 57.0 Å². The monoisotopic (exact) mass is 1290 g/mol. The van der Waals surface area contributed by atoms with E-state index >= 15 is 0 Å². The number of hydrogen-bond acceptors (Lipinski definition) is 16. The van der Waals surface area contributed by atoms with Crippen LogP contribution in [-0.2, 0) is 63.0 Å². The summed E-state index contributed by atoms with van der Waals surface area (Å²) in [6.45, 7) is 15.2. The van der Waals surface area contributed by atoms with Crippen molar-refractivity contribution in [3.05, 3.63) is 194 Å². The molecule has 2 aromatic heterocycles. The Morgan fingerprint density at radius 2 is 1.60 bits per heavy atom. The number of nitrogens with two attached hydrogens (primary N) is 1. The molecule has 89 heavy (non-hydrogen) atoms. The minimum absolute atomic E-state index is 0.0253. The minimum atomic E-state index is -4.37. The van der Waals surface area contributed by atoms with E-state index in [9.17, 15) is 58.4 Å². The van der Waals surface area contributed by atoms with Gasteiger partial charge in [0.15, 0.2) is 16.9 Å². The molecule has 0 bridgehead atoms. The summed E-state index contributed by atoms with van der Waals surface area (Å²) < 4.78 is 108. The highest BCUT2D eigenvalue weighted by molar-refractivity contribution is 7.86. The first kappa shape index (κ1) is 66.6. The molecule has 1 amide bonds. The molecule has 1 atom stereocenters. The van der Waals surface area contributed by atoms with Gasteiger partial charge in [-0.25, -0.2) is 14.8 Å². The number of hydrogen-bond donors (Lipinski definition) is 8. The van der Waals surface area contributed by atoms with Gasteiger partial charge in [0.2, 0.25) is 11.6 Å². The maximum Gasteiger partial charge on any atom is 0.326 e. The second kappa shape index (κ2) is 27.6. The molecular formula is C63H74N9O14S3+. The van der Waals surface area contributed by atoms with Gasteiger partial charge in [-0.2, -0.15) is 34.8 Å². The number of fused-ring (bicyclic) bond motifs is 3. The topological polar surface area (TPSA) is 355 Å². The van der Waals surface area contributed by atoms with Crippen LogP contribution >= 0.6 is 0 Å². The Morgan fingerprint density at radius 1 is 0.876 bits per heavy atom.